The lowest BCUT2D eigenvalue weighted by Gasteiger charge is -2.19. The van der Waals surface area contributed by atoms with Gasteiger partial charge >= 0.3 is 22.5 Å². The summed E-state index contributed by atoms with van der Waals surface area (Å²) < 4.78 is 20.7. The Bertz CT molecular complexity index is 893. The largest absolute Gasteiger partial charge is 0.462 e. The highest BCUT2D eigenvalue weighted by atomic mass is 27.1. The first kappa shape index (κ1) is 17.8. The molecule has 0 amide bonds. The number of ether oxygens (including phenoxy) is 1. The molecule has 130 valence electrons. The van der Waals surface area contributed by atoms with E-state index in [1.165, 1.54) is 14.6 Å². The lowest BCUT2D eigenvalue weighted by molar-refractivity contribution is 0.0524. The van der Waals surface area contributed by atoms with Crippen LogP contribution in [0.25, 0.3) is 11.0 Å². The van der Waals surface area contributed by atoms with E-state index in [9.17, 15) is 24.2 Å². The number of carbonyl (C=O) groups excluding carboxylic acids is 1. The van der Waals surface area contributed by atoms with Crippen LogP contribution in [0.2, 0.25) is 0 Å². The second-order valence-electron chi connectivity index (χ2n) is 5.70. The molecule has 10 heteroatoms. The van der Waals surface area contributed by atoms with E-state index in [1.54, 1.807) is 6.92 Å². The fraction of sp³-hybridized carbons (Fsp3) is 0.400. The highest BCUT2D eigenvalue weighted by Gasteiger charge is 2.32. The summed E-state index contributed by atoms with van der Waals surface area (Å²) in [6, 6.07) is 1.00. The zero-order valence-electron chi connectivity index (χ0n) is 13.3. The Kier molecular flexibility index (Phi) is 4.80. The van der Waals surface area contributed by atoms with E-state index < -0.39 is 29.4 Å². The molecular weight excluding hydrogens is 348 g/mol. The van der Waals surface area contributed by atoms with Gasteiger partial charge in [0.15, 0.2) is 11.6 Å². The van der Waals surface area contributed by atoms with E-state index in [1.807, 2.05) is 0 Å². The predicted molar refractivity (Wildman–Crippen MR) is 87.3 cm³/mol. The molecule has 3 rings (SSSR count). The molecule has 2 aromatic rings. The van der Waals surface area contributed by atoms with E-state index in [0.29, 0.717) is 0 Å². The van der Waals surface area contributed by atoms with Crippen molar-refractivity contribution in [1.29, 1.82) is 0 Å². The van der Waals surface area contributed by atoms with Gasteiger partial charge < -0.3 is 23.4 Å². The molecule has 0 aromatic carbocycles. The zero-order chi connectivity index (χ0) is 18.3. The molecule has 2 aromatic heterocycles. The summed E-state index contributed by atoms with van der Waals surface area (Å²) in [7, 11) is 0. The SMILES string of the molecule is CCOC(=O)c1c[n]([Al])c2nc(N3C[C@@H](O)[C@H](O)C3)c(F)cc2c1=O. The van der Waals surface area contributed by atoms with Crippen LogP contribution in [0.5, 0.6) is 0 Å². The molecule has 0 bridgehead atoms. The van der Waals surface area contributed by atoms with Crippen LogP contribution in [0.3, 0.4) is 0 Å². The first-order valence-corrected chi connectivity index (χ1v) is 8.14. The predicted octanol–water partition coefficient (Wildman–Crippen LogP) is -0.814. The van der Waals surface area contributed by atoms with Gasteiger partial charge in [-0.1, -0.05) is 0 Å². The third kappa shape index (κ3) is 3.14. The van der Waals surface area contributed by atoms with Crippen LogP contribution in [-0.2, 0) is 4.74 Å². The van der Waals surface area contributed by atoms with Gasteiger partial charge in [0, 0.05) is 13.1 Å². The molecule has 1 fully saturated rings. The van der Waals surface area contributed by atoms with Crippen molar-refractivity contribution in [3.63, 3.8) is 0 Å². The molecule has 2 radical (unpaired) electrons. The molecule has 0 spiro atoms. The number of nitrogens with zero attached hydrogens (tertiary/aromatic N) is 3. The Hall–Kier alpha value is -1.99. The van der Waals surface area contributed by atoms with Gasteiger partial charge in [-0.2, -0.15) is 0 Å². The summed E-state index contributed by atoms with van der Waals surface area (Å²) in [6.45, 7) is 1.78. The number of pyridine rings is 2. The summed E-state index contributed by atoms with van der Waals surface area (Å²) in [4.78, 5) is 29.9. The minimum atomic E-state index is -0.999. The van der Waals surface area contributed by atoms with Gasteiger partial charge in [0.25, 0.3) is 0 Å². The highest BCUT2D eigenvalue weighted by Crippen LogP contribution is 2.24. The Labute approximate surface area is 150 Å². The van der Waals surface area contributed by atoms with Gasteiger partial charge in [0.2, 0.25) is 5.43 Å². The number of hydrogen-bond acceptors (Lipinski definition) is 7. The van der Waals surface area contributed by atoms with E-state index in [2.05, 4.69) is 21.5 Å². The van der Waals surface area contributed by atoms with Crippen molar-refractivity contribution < 1.29 is 24.1 Å². The molecular formula is C15H15AlFN3O5. The van der Waals surface area contributed by atoms with Crippen LogP contribution in [0.15, 0.2) is 17.1 Å². The quantitative estimate of drug-likeness (QED) is 0.543. The molecule has 2 atom stereocenters. The molecule has 2 N–H and O–H groups in total. The van der Waals surface area contributed by atoms with Crippen LogP contribution >= 0.6 is 0 Å². The molecule has 8 nitrogen and oxygen atoms in total. The molecule has 25 heavy (non-hydrogen) atoms. The third-order valence-corrected chi connectivity index (χ3v) is 4.39. The monoisotopic (exact) mass is 363 g/mol. The van der Waals surface area contributed by atoms with E-state index in [0.717, 1.165) is 6.07 Å². The fourth-order valence-corrected chi connectivity index (χ4v) is 3.10. The Morgan fingerprint density at radius 2 is 2.08 bits per heavy atom. The topological polar surface area (TPSA) is 105 Å². The fourth-order valence-electron chi connectivity index (χ4n) is 2.76. The third-order valence-electron chi connectivity index (χ3n) is 3.99. The smallest absolute Gasteiger partial charge is 0.343 e. The minimum Gasteiger partial charge on any atom is -0.462 e. The Morgan fingerprint density at radius 1 is 1.44 bits per heavy atom. The summed E-state index contributed by atoms with van der Waals surface area (Å²) in [6.07, 6.45) is -0.738. The number of hydrogen-bond donors (Lipinski definition) is 2. The number of fused-ring (bicyclic) bond motifs is 1. The molecule has 1 aliphatic heterocycles. The first-order valence-electron chi connectivity index (χ1n) is 7.62. The van der Waals surface area contributed by atoms with Crippen molar-refractivity contribution >= 4 is 39.3 Å². The average Bonchev–Trinajstić information content (AvgIpc) is 2.89. The van der Waals surface area contributed by atoms with Crippen molar-refractivity contribution in [3.8, 4) is 0 Å². The van der Waals surface area contributed by atoms with Crippen LogP contribution in [0, 0.1) is 5.82 Å². The summed E-state index contributed by atoms with van der Waals surface area (Å²) >= 11 is 2.28. The molecule has 1 saturated heterocycles. The first-order chi connectivity index (χ1) is 11.8. The van der Waals surface area contributed by atoms with Crippen LogP contribution < -0.4 is 10.3 Å². The lowest BCUT2D eigenvalue weighted by atomic mass is 10.2. The number of halogens is 1. The van der Waals surface area contributed by atoms with Gasteiger partial charge in [-0.15, -0.1) is 0 Å². The van der Waals surface area contributed by atoms with Crippen LogP contribution in [0.4, 0.5) is 10.2 Å². The van der Waals surface area contributed by atoms with Gasteiger partial charge in [-0.3, -0.25) is 4.79 Å². The average molecular weight is 363 g/mol. The van der Waals surface area contributed by atoms with E-state index in [4.69, 9.17) is 4.74 Å². The Morgan fingerprint density at radius 3 is 2.68 bits per heavy atom. The molecule has 1 aliphatic rings. The van der Waals surface area contributed by atoms with Crippen LogP contribution in [0.1, 0.15) is 17.3 Å². The number of aliphatic hydroxyl groups is 2. The summed E-state index contributed by atoms with van der Waals surface area (Å²) in [5.41, 5.74) is -0.743. The molecule has 0 aliphatic carbocycles. The maximum atomic E-state index is 14.5. The van der Waals surface area contributed by atoms with E-state index in [-0.39, 0.29) is 42.1 Å². The van der Waals surface area contributed by atoms with Crippen molar-refractivity contribution in [1.82, 2.24) is 8.53 Å². The minimum absolute atomic E-state index is 0.0264. The van der Waals surface area contributed by atoms with Gasteiger partial charge in [0.1, 0.15) is 11.2 Å². The molecule has 0 unspecified atom stereocenters. The molecule has 0 saturated carbocycles. The number of anilines is 1. The van der Waals surface area contributed by atoms with Crippen molar-refractivity contribution in [2.24, 2.45) is 0 Å². The van der Waals surface area contributed by atoms with Gasteiger partial charge in [0.05, 0.1) is 24.2 Å². The standard InChI is InChI=1S/C15H16FN3O5.Al/c1-2-24-15(23)8-4-17-13-7(12(8)22)3-9(16)14(18-13)19-5-10(20)11(21)6-19;/h3-4,10-11,20-21H,2,5-6H2,1H3,(H,17,18,22,23);/q;+1/p-1/t10-,11-;/m1./s1. The van der Waals surface area contributed by atoms with Crippen molar-refractivity contribution in [2.45, 2.75) is 19.1 Å². The maximum absolute atomic E-state index is 14.5. The summed E-state index contributed by atoms with van der Waals surface area (Å²) in [5.74, 6) is -1.65. The van der Waals surface area contributed by atoms with Gasteiger partial charge in [-0.05, 0) is 19.2 Å². The number of esters is 1. The van der Waals surface area contributed by atoms with Gasteiger partial charge in [-0.25, -0.2) is 14.2 Å². The summed E-state index contributed by atoms with van der Waals surface area (Å²) in [5, 5.41) is 19.2. The van der Waals surface area contributed by atoms with E-state index >= 15 is 0 Å². The lowest BCUT2D eigenvalue weighted by Crippen LogP contribution is -2.25. The number of rotatable bonds is 3. The highest BCUT2D eigenvalue weighted by molar-refractivity contribution is 6.11. The van der Waals surface area contributed by atoms with Crippen molar-refractivity contribution in [2.75, 3.05) is 24.6 Å². The maximum Gasteiger partial charge on any atom is 0.343 e. The second kappa shape index (κ2) is 6.73. The number of carbonyl (C=O) groups is 1. The van der Waals surface area contributed by atoms with Crippen molar-refractivity contribution in [3.05, 3.63) is 33.9 Å². The normalized spacial score (nSPS) is 20.2. The molecule has 3 heterocycles. The zero-order valence-corrected chi connectivity index (χ0v) is 14.5. The van der Waals surface area contributed by atoms with Crippen LogP contribution in [-0.4, -0.2) is 73.1 Å². The second-order valence-corrected chi connectivity index (χ2v) is 6.26. The number of β-amino-alcohol motifs (C(OH)–C–C–N with tert-alkyl or cyclic N) is 2. The number of aromatic nitrogens is 2. The Balaban J connectivity index is 2.13. The number of aliphatic hydroxyl groups excluding tert-OH is 2.